The van der Waals surface area contributed by atoms with E-state index in [0.29, 0.717) is 10.5 Å². The molecule has 0 radical (unpaired) electrons. The average molecular weight is 403 g/mol. The number of rotatable bonds is 3. The first-order chi connectivity index (χ1) is 14.4. The van der Waals surface area contributed by atoms with Crippen molar-refractivity contribution in [2.24, 2.45) is 0 Å². The molecule has 4 rings (SSSR count). The van der Waals surface area contributed by atoms with Gasteiger partial charge in [-0.25, -0.2) is 14.1 Å². The molecule has 30 heavy (non-hydrogen) atoms. The van der Waals surface area contributed by atoms with Crippen molar-refractivity contribution in [1.82, 2.24) is 9.88 Å². The molecule has 0 aliphatic carbocycles. The van der Waals surface area contributed by atoms with Crippen LogP contribution in [0.15, 0.2) is 66.2 Å². The Kier molecular flexibility index (Phi) is 4.79. The highest BCUT2D eigenvalue weighted by molar-refractivity contribution is 6.39. The van der Waals surface area contributed by atoms with Gasteiger partial charge in [-0.1, -0.05) is 30.3 Å². The first kappa shape index (κ1) is 19.3. The predicted molar refractivity (Wildman–Crippen MR) is 111 cm³/mol. The van der Waals surface area contributed by atoms with Crippen molar-refractivity contribution in [2.45, 2.75) is 13.8 Å². The number of hydrogen-bond donors (Lipinski definition) is 1. The van der Waals surface area contributed by atoms with Gasteiger partial charge in [0.15, 0.2) is 0 Å². The van der Waals surface area contributed by atoms with Crippen molar-refractivity contribution in [3.8, 4) is 5.69 Å². The van der Waals surface area contributed by atoms with Gasteiger partial charge in [-0.2, -0.15) is 0 Å². The van der Waals surface area contributed by atoms with E-state index in [1.807, 2.05) is 54.8 Å². The van der Waals surface area contributed by atoms with Crippen LogP contribution in [0.5, 0.6) is 0 Å². The number of hydrogen-bond acceptors (Lipinski definition) is 3. The molecule has 0 unspecified atom stereocenters. The van der Waals surface area contributed by atoms with E-state index >= 15 is 0 Å². The number of nitrogens with one attached hydrogen (secondary N) is 1. The molecule has 7 heteroatoms. The summed E-state index contributed by atoms with van der Waals surface area (Å²) in [5.41, 5.74) is 2.87. The number of imide groups is 2. The third-order valence-electron chi connectivity index (χ3n) is 4.98. The number of para-hydroxylation sites is 2. The molecule has 0 atom stereocenters. The van der Waals surface area contributed by atoms with Crippen molar-refractivity contribution in [3.63, 3.8) is 0 Å². The van der Waals surface area contributed by atoms with E-state index < -0.39 is 23.7 Å². The van der Waals surface area contributed by atoms with Crippen molar-refractivity contribution in [1.29, 1.82) is 0 Å². The lowest BCUT2D eigenvalue weighted by Crippen LogP contribution is -2.54. The summed E-state index contributed by atoms with van der Waals surface area (Å²) in [6.45, 7) is 3.79. The van der Waals surface area contributed by atoms with E-state index in [2.05, 4.69) is 5.32 Å². The molecular formula is C23H18FN3O3. The fourth-order valence-electron chi connectivity index (χ4n) is 3.57. The molecule has 2 heterocycles. The van der Waals surface area contributed by atoms with Gasteiger partial charge in [0, 0.05) is 17.1 Å². The maximum atomic E-state index is 14.2. The number of halogens is 1. The summed E-state index contributed by atoms with van der Waals surface area (Å²) < 4.78 is 16.2. The summed E-state index contributed by atoms with van der Waals surface area (Å²) in [6.07, 6.45) is 1.43. The van der Waals surface area contributed by atoms with Crippen LogP contribution >= 0.6 is 0 Å². The molecule has 1 aliphatic rings. The van der Waals surface area contributed by atoms with Gasteiger partial charge in [0.05, 0.1) is 5.69 Å². The number of benzene rings is 2. The zero-order valence-electron chi connectivity index (χ0n) is 16.3. The molecule has 3 aromatic rings. The van der Waals surface area contributed by atoms with E-state index in [0.717, 1.165) is 23.1 Å². The third-order valence-corrected chi connectivity index (χ3v) is 4.98. The lowest BCUT2D eigenvalue weighted by atomic mass is 10.1. The van der Waals surface area contributed by atoms with E-state index in [4.69, 9.17) is 0 Å². The highest BCUT2D eigenvalue weighted by Gasteiger charge is 2.38. The molecular weight excluding hydrogens is 385 g/mol. The summed E-state index contributed by atoms with van der Waals surface area (Å²) >= 11 is 0. The molecule has 1 saturated heterocycles. The van der Waals surface area contributed by atoms with Crippen LogP contribution in [0, 0.1) is 19.7 Å². The predicted octanol–water partition coefficient (Wildman–Crippen LogP) is 3.90. The Labute approximate surface area is 172 Å². The van der Waals surface area contributed by atoms with Crippen LogP contribution in [-0.4, -0.2) is 22.4 Å². The smallest absolute Gasteiger partial charge is 0.318 e. The largest absolute Gasteiger partial charge is 0.336 e. The topological polar surface area (TPSA) is 71.4 Å². The Bertz CT molecular complexity index is 1210. The second-order valence-electron chi connectivity index (χ2n) is 6.91. The Balaban J connectivity index is 1.78. The minimum atomic E-state index is -0.984. The van der Waals surface area contributed by atoms with Gasteiger partial charge in [0.25, 0.3) is 11.8 Å². The summed E-state index contributed by atoms with van der Waals surface area (Å²) in [5.74, 6) is -2.43. The maximum absolute atomic E-state index is 14.2. The highest BCUT2D eigenvalue weighted by atomic mass is 19.1. The van der Waals surface area contributed by atoms with E-state index in [-0.39, 0.29) is 11.3 Å². The number of amides is 4. The summed E-state index contributed by atoms with van der Waals surface area (Å²) in [7, 11) is 0. The molecule has 1 aliphatic heterocycles. The Morgan fingerprint density at radius 2 is 1.60 bits per heavy atom. The second-order valence-corrected chi connectivity index (χ2v) is 6.91. The summed E-state index contributed by atoms with van der Waals surface area (Å²) in [5, 5.41) is 2.11. The fourth-order valence-corrected chi connectivity index (χ4v) is 3.57. The lowest BCUT2D eigenvalue weighted by Gasteiger charge is -2.26. The molecule has 150 valence electrons. The van der Waals surface area contributed by atoms with Crippen molar-refractivity contribution < 1.29 is 18.8 Å². The van der Waals surface area contributed by atoms with Gasteiger partial charge in [-0.05, 0) is 55.8 Å². The van der Waals surface area contributed by atoms with Crippen molar-refractivity contribution >= 4 is 29.6 Å². The molecule has 1 aromatic heterocycles. The zero-order valence-corrected chi connectivity index (χ0v) is 16.3. The van der Waals surface area contributed by atoms with Crippen LogP contribution in [0.25, 0.3) is 11.8 Å². The number of aromatic nitrogens is 1. The van der Waals surface area contributed by atoms with Crippen LogP contribution in [0.3, 0.4) is 0 Å². The standard InChI is InChI=1S/C23H18FN3O3/c1-14-12-16(15(2)26(14)17-8-4-3-5-9-17)13-18-21(28)25-23(30)27(22(18)29)20-11-7-6-10-19(20)24/h3-13H,1-2H3,(H,25,28,30)/b18-13+. The molecule has 6 nitrogen and oxygen atoms in total. The first-order valence-corrected chi connectivity index (χ1v) is 9.29. The van der Waals surface area contributed by atoms with Gasteiger partial charge in [0.2, 0.25) is 0 Å². The number of nitrogens with zero attached hydrogens (tertiary/aromatic N) is 2. The highest BCUT2D eigenvalue weighted by Crippen LogP contribution is 2.27. The number of anilines is 1. The Morgan fingerprint density at radius 3 is 2.30 bits per heavy atom. The fraction of sp³-hybridized carbons (Fsp3) is 0.0870. The quantitative estimate of drug-likeness (QED) is 0.533. The van der Waals surface area contributed by atoms with Gasteiger partial charge in [0.1, 0.15) is 11.4 Å². The molecule has 1 N–H and O–H groups in total. The monoisotopic (exact) mass is 403 g/mol. The Hall–Kier alpha value is -4.00. The van der Waals surface area contributed by atoms with Crippen LogP contribution in [-0.2, 0) is 9.59 Å². The van der Waals surface area contributed by atoms with Crippen LogP contribution in [0.4, 0.5) is 14.9 Å². The minimum Gasteiger partial charge on any atom is -0.318 e. The number of urea groups is 1. The second kappa shape index (κ2) is 7.44. The zero-order chi connectivity index (χ0) is 21.4. The summed E-state index contributed by atoms with van der Waals surface area (Å²) in [4.78, 5) is 38.3. The lowest BCUT2D eigenvalue weighted by molar-refractivity contribution is -0.122. The molecule has 2 aromatic carbocycles. The van der Waals surface area contributed by atoms with Crippen LogP contribution < -0.4 is 10.2 Å². The van der Waals surface area contributed by atoms with Gasteiger partial charge >= 0.3 is 6.03 Å². The summed E-state index contributed by atoms with van der Waals surface area (Å²) in [6, 6.07) is 15.9. The number of aryl methyl sites for hydroxylation is 1. The number of barbiturate groups is 1. The maximum Gasteiger partial charge on any atom is 0.336 e. The molecule has 4 amide bonds. The molecule has 0 saturated carbocycles. The average Bonchev–Trinajstić information content (AvgIpc) is 3.00. The minimum absolute atomic E-state index is 0.215. The van der Waals surface area contributed by atoms with E-state index in [9.17, 15) is 18.8 Å². The normalized spacial score (nSPS) is 15.6. The van der Waals surface area contributed by atoms with Gasteiger partial charge in [-0.15, -0.1) is 0 Å². The number of carbonyl (C=O) groups is 3. The Morgan fingerprint density at radius 1 is 0.933 bits per heavy atom. The molecule has 0 bridgehead atoms. The third kappa shape index (κ3) is 3.20. The van der Waals surface area contributed by atoms with Gasteiger partial charge in [-0.3, -0.25) is 14.9 Å². The van der Waals surface area contributed by atoms with Crippen LogP contribution in [0.2, 0.25) is 0 Å². The van der Waals surface area contributed by atoms with Gasteiger partial charge < -0.3 is 4.57 Å². The van der Waals surface area contributed by atoms with Crippen molar-refractivity contribution in [3.05, 3.63) is 89.0 Å². The SMILES string of the molecule is Cc1cc(/C=C2\C(=O)NC(=O)N(c3ccccc3F)C2=O)c(C)n1-c1ccccc1. The van der Waals surface area contributed by atoms with E-state index in [1.165, 1.54) is 24.3 Å². The van der Waals surface area contributed by atoms with Crippen LogP contribution in [0.1, 0.15) is 17.0 Å². The molecule has 1 fully saturated rings. The molecule has 0 spiro atoms. The van der Waals surface area contributed by atoms with E-state index in [1.54, 1.807) is 0 Å². The first-order valence-electron chi connectivity index (χ1n) is 9.29. The van der Waals surface area contributed by atoms with Crippen molar-refractivity contribution in [2.75, 3.05) is 4.90 Å². The number of carbonyl (C=O) groups excluding carboxylic acids is 3.